The molecule has 2 heterocycles. The molecule has 0 amide bonds. The van der Waals surface area contributed by atoms with E-state index in [1.54, 1.807) is 0 Å². The number of aliphatic hydroxyl groups is 1. The molecule has 0 aromatic heterocycles. The lowest BCUT2D eigenvalue weighted by Gasteiger charge is -2.37. The first-order chi connectivity index (χ1) is 14.3. The fourth-order valence-electron chi connectivity index (χ4n) is 4.50. The van der Waals surface area contributed by atoms with Crippen molar-refractivity contribution in [2.75, 3.05) is 54.7 Å². The Hall–Kier alpha value is -2.09. The lowest BCUT2D eigenvalue weighted by molar-refractivity contribution is 0.109. The zero-order valence-corrected chi connectivity index (χ0v) is 18.6. The zero-order valence-electron chi connectivity index (χ0n) is 17.8. The minimum Gasteiger partial charge on any atom is -0.387 e. The van der Waals surface area contributed by atoms with Crippen LogP contribution in [0, 0.1) is 6.92 Å². The molecule has 0 spiro atoms. The lowest BCUT2D eigenvalue weighted by atomic mass is 9.98. The van der Waals surface area contributed by atoms with Gasteiger partial charge in [0.25, 0.3) is 0 Å². The summed E-state index contributed by atoms with van der Waals surface area (Å²) in [5, 5.41) is 10.8. The fraction of sp³-hybridized carbons (Fsp3) is 0.478. The second-order valence-electron chi connectivity index (χ2n) is 8.47. The van der Waals surface area contributed by atoms with Crippen molar-refractivity contribution in [3.63, 3.8) is 0 Å². The number of β-amino-alcohol motifs (C(OH)–C–C–N with tert-alkyl or cyclic N) is 1. The fourth-order valence-corrected chi connectivity index (χ4v) is 5.49. The Morgan fingerprint density at radius 1 is 1.03 bits per heavy atom. The molecular weight excluding hydrogens is 398 g/mol. The van der Waals surface area contributed by atoms with Gasteiger partial charge in [0.1, 0.15) is 0 Å². The van der Waals surface area contributed by atoms with Crippen molar-refractivity contribution < 1.29 is 13.5 Å². The highest BCUT2D eigenvalue weighted by molar-refractivity contribution is 7.92. The van der Waals surface area contributed by atoms with Crippen molar-refractivity contribution in [2.24, 2.45) is 0 Å². The first-order valence-corrected chi connectivity index (χ1v) is 12.5. The average Bonchev–Trinajstić information content (AvgIpc) is 2.72. The van der Waals surface area contributed by atoms with Gasteiger partial charge in [0.15, 0.2) is 0 Å². The molecule has 1 atom stereocenters. The van der Waals surface area contributed by atoms with E-state index in [9.17, 15) is 13.5 Å². The molecule has 2 aliphatic rings. The third-order valence-electron chi connectivity index (χ3n) is 6.13. The highest BCUT2D eigenvalue weighted by Gasteiger charge is 2.26. The standard InChI is InChI=1S/C23H31N3O3S/c1-18-5-3-7-21(15-18)25-13-11-24(12-14-25)17-23(27)20-8-9-22-19(16-20)6-4-10-26(22)30(2,28)29/h3,5,7-9,15-16,23,27H,4,6,10-14,17H2,1-2H3/t23-/m1/s1. The van der Waals surface area contributed by atoms with E-state index in [0.29, 0.717) is 13.1 Å². The van der Waals surface area contributed by atoms with Crippen LogP contribution in [0.1, 0.15) is 29.2 Å². The van der Waals surface area contributed by atoms with E-state index in [1.165, 1.54) is 21.8 Å². The van der Waals surface area contributed by atoms with Crippen molar-refractivity contribution in [3.05, 3.63) is 59.2 Å². The van der Waals surface area contributed by atoms with Crippen molar-refractivity contribution in [1.29, 1.82) is 0 Å². The minimum absolute atomic E-state index is 0.527. The highest BCUT2D eigenvalue weighted by atomic mass is 32.2. The first kappa shape index (κ1) is 21.2. The van der Waals surface area contributed by atoms with E-state index < -0.39 is 16.1 Å². The molecule has 1 saturated heterocycles. The summed E-state index contributed by atoms with van der Waals surface area (Å²) in [5.41, 5.74) is 5.16. The van der Waals surface area contributed by atoms with Crippen LogP contribution >= 0.6 is 0 Å². The number of sulfonamides is 1. The number of nitrogens with zero attached hydrogens (tertiary/aromatic N) is 3. The predicted molar refractivity (Wildman–Crippen MR) is 122 cm³/mol. The van der Waals surface area contributed by atoms with Gasteiger partial charge in [-0.3, -0.25) is 9.21 Å². The minimum atomic E-state index is -3.27. The van der Waals surface area contributed by atoms with Crippen LogP contribution in [0.25, 0.3) is 0 Å². The normalized spacial score (nSPS) is 18.9. The van der Waals surface area contributed by atoms with Gasteiger partial charge in [0.2, 0.25) is 10.0 Å². The third kappa shape index (κ3) is 4.63. The second kappa shape index (κ2) is 8.57. The van der Waals surface area contributed by atoms with Gasteiger partial charge < -0.3 is 10.0 Å². The van der Waals surface area contributed by atoms with Crippen LogP contribution in [-0.2, 0) is 16.4 Å². The maximum absolute atomic E-state index is 12.0. The van der Waals surface area contributed by atoms with Crippen LogP contribution in [-0.4, -0.2) is 63.9 Å². The summed E-state index contributed by atoms with van der Waals surface area (Å²) in [5.74, 6) is 0. The van der Waals surface area contributed by atoms with Gasteiger partial charge in [0.05, 0.1) is 18.0 Å². The molecule has 7 heteroatoms. The summed E-state index contributed by atoms with van der Waals surface area (Å²) < 4.78 is 25.6. The van der Waals surface area contributed by atoms with E-state index in [0.717, 1.165) is 55.8 Å². The van der Waals surface area contributed by atoms with E-state index in [-0.39, 0.29) is 0 Å². The maximum atomic E-state index is 12.0. The van der Waals surface area contributed by atoms with Gasteiger partial charge in [0, 0.05) is 45.0 Å². The van der Waals surface area contributed by atoms with Gasteiger partial charge in [-0.05, 0) is 54.7 Å². The molecule has 1 fully saturated rings. The van der Waals surface area contributed by atoms with Crippen LogP contribution < -0.4 is 9.21 Å². The van der Waals surface area contributed by atoms with Crippen LogP contribution in [0.4, 0.5) is 11.4 Å². The summed E-state index contributed by atoms with van der Waals surface area (Å²) in [4.78, 5) is 4.70. The molecule has 0 aliphatic carbocycles. The van der Waals surface area contributed by atoms with E-state index in [4.69, 9.17) is 0 Å². The van der Waals surface area contributed by atoms with Crippen LogP contribution in [0.3, 0.4) is 0 Å². The number of fused-ring (bicyclic) bond motifs is 1. The molecule has 0 radical (unpaired) electrons. The van der Waals surface area contributed by atoms with Crippen LogP contribution in [0.15, 0.2) is 42.5 Å². The molecule has 6 nitrogen and oxygen atoms in total. The Balaban J connectivity index is 1.38. The molecule has 0 bridgehead atoms. The summed E-state index contributed by atoms with van der Waals surface area (Å²) in [7, 11) is -3.27. The van der Waals surface area contributed by atoms with Crippen molar-refractivity contribution >= 4 is 21.4 Å². The number of rotatable bonds is 5. The van der Waals surface area contributed by atoms with E-state index in [2.05, 4.69) is 41.0 Å². The SMILES string of the molecule is Cc1cccc(N2CCN(C[C@@H](O)c3ccc4c(c3)CCCN4S(C)(=O)=O)CC2)c1. The smallest absolute Gasteiger partial charge is 0.232 e. The molecule has 1 N–H and O–H groups in total. The van der Waals surface area contributed by atoms with Crippen molar-refractivity contribution in [1.82, 2.24) is 4.90 Å². The molecule has 2 aromatic rings. The quantitative estimate of drug-likeness (QED) is 0.792. The van der Waals surface area contributed by atoms with Crippen LogP contribution in [0.2, 0.25) is 0 Å². The molecule has 4 rings (SSSR count). The number of hydrogen-bond donors (Lipinski definition) is 1. The molecule has 0 unspecified atom stereocenters. The van der Waals surface area contributed by atoms with Gasteiger partial charge in [-0.2, -0.15) is 0 Å². The van der Waals surface area contributed by atoms with Crippen molar-refractivity contribution in [2.45, 2.75) is 25.9 Å². The van der Waals surface area contributed by atoms with Gasteiger partial charge in [-0.15, -0.1) is 0 Å². The Kier molecular flexibility index (Phi) is 6.04. The topological polar surface area (TPSA) is 64.1 Å². The Morgan fingerprint density at radius 3 is 2.50 bits per heavy atom. The Bertz CT molecular complexity index is 1000. The number of hydrogen-bond acceptors (Lipinski definition) is 5. The van der Waals surface area contributed by atoms with Gasteiger partial charge in [-0.25, -0.2) is 8.42 Å². The molecule has 162 valence electrons. The third-order valence-corrected chi connectivity index (χ3v) is 7.31. The van der Waals surface area contributed by atoms with Crippen LogP contribution in [0.5, 0.6) is 0 Å². The number of piperazine rings is 1. The average molecular weight is 430 g/mol. The molecular formula is C23H31N3O3S. The first-order valence-electron chi connectivity index (χ1n) is 10.6. The molecule has 2 aliphatic heterocycles. The number of aryl methyl sites for hydroxylation is 2. The van der Waals surface area contributed by atoms with Gasteiger partial charge >= 0.3 is 0 Å². The number of aliphatic hydroxyl groups excluding tert-OH is 1. The maximum Gasteiger partial charge on any atom is 0.232 e. The largest absolute Gasteiger partial charge is 0.387 e. The predicted octanol–water partition coefficient (Wildman–Crippen LogP) is 2.56. The molecule has 30 heavy (non-hydrogen) atoms. The highest BCUT2D eigenvalue weighted by Crippen LogP contribution is 2.31. The summed E-state index contributed by atoms with van der Waals surface area (Å²) in [6.45, 7) is 6.96. The summed E-state index contributed by atoms with van der Waals surface area (Å²) in [6, 6.07) is 14.3. The second-order valence-corrected chi connectivity index (χ2v) is 10.4. The number of anilines is 2. The van der Waals surface area contributed by atoms with Crippen molar-refractivity contribution in [3.8, 4) is 0 Å². The zero-order chi connectivity index (χ0) is 21.3. The lowest BCUT2D eigenvalue weighted by Crippen LogP contribution is -2.47. The van der Waals surface area contributed by atoms with E-state index >= 15 is 0 Å². The summed E-state index contributed by atoms with van der Waals surface area (Å²) in [6.07, 6.45) is 2.33. The summed E-state index contributed by atoms with van der Waals surface area (Å²) >= 11 is 0. The van der Waals surface area contributed by atoms with E-state index in [1.807, 2.05) is 18.2 Å². The Morgan fingerprint density at radius 2 is 1.80 bits per heavy atom. The molecule has 0 saturated carbocycles. The number of benzene rings is 2. The monoisotopic (exact) mass is 429 g/mol. The van der Waals surface area contributed by atoms with Gasteiger partial charge in [-0.1, -0.05) is 24.3 Å². The molecule has 2 aromatic carbocycles. The Labute approximate surface area is 179 Å².